The molecule has 0 amide bonds. The smallest absolute Gasteiger partial charge is 0.335 e. The van der Waals surface area contributed by atoms with Gasteiger partial charge in [-0.25, -0.2) is 4.79 Å². The fraction of sp³-hybridized carbons (Fsp3) is 0.375. The lowest BCUT2D eigenvalue weighted by Crippen LogP contribution is -2.05. The van der Waals surface area contributed by atoms with E-state index < -0.39 is 5.97 Å². The molecule has 11 heavy (non-hydrogen) atoms. The molecule has 0 heterocycles. The van der Waals surface area contributed by atoms with Crippen molar-refractivity contribution in [2.75, 3.05) is 0 Å². The van der Waals surface area contributed by atoms with Gasteiger partial charge in [0.2, 0.25) is 0 Å². The van der Waals surface area contributed by atoms with Gasteiger partial charge in [-0.2, -0.15) is 0 Å². The van der Waals surface area contributed by atoms with Crippen LogP contribution in [0.15, 0.2) is 21.3 Å². The zero-order chi connectivity index (χ0) is 8.43. The van der Waals surface area contributed by atoms with E-state index in [0.29, 0.717) is 11.5 Å². The largest absolute Gasteiger partial charge is 0.478 e. The maximum absolute atomic E-state index is 10.5. The Labute approximate surface area is 79.1 Å². The molecule has 0 radical (unpaired) electrons. The van der Waals surface area contributed by atoms with Crippen LogP contribution in [0, 0.1) is 5.92 Å². The third kappa shape index (κ3) is 2.05. The Morgan fingerprint density at radius 3 is 2.91 bits per heavy atom. The number of halogens is 1. The molecular formula is C8H9IO2. The van der Waals surface area contributed by atoms with Gasteiger partial charge < -0.3 is 5.11 Å². The van der Waals surface area contributed by atoms with E-state index in [2.05, 4.69) is 29.5 Å². The first-order valence-electron chi connectivity index (χ1n) is 3.42. The van der Waals surface area contributed by atoms with Crippen molar-refractivity contribution in [3.05, 3.63) is 21.3 Å². The molecule has 1 atom stereocenters. The second-order valence-corrected chi connectivity index (χ2v) is 3.88. The predicted molar refractivity (Wildman–Crippen MR) is 51.6 cm³/mol. The van der Waals surface area contributed by atoms with Crippen molar-refractivity contribution >= 4 is 28.6 Å². The van der Waals surface area contributed by atoms with Crippen LogP contribution in [0.2, 0.25) is 0 Å². The summed E-state index contributed by atoms with van der Waals surface area (Å²) in [6.45, 7) is 2.09. The number of hydrogen-bond acceptors (Lipinski definition) is 1. The minimum absolute atomic E-state index is 0.424. The lowest BCUT2D eigenvalue weighted by molar-refractivity contribution is -0.132. The van der Waals surface area contributed by atoms with Crippen LogP contribution in [0.1, 0.15) is 13.3 Å². The highest BCUT2D eigenvalue weighted by atomic mass is 127. The molecule has 3 heteroatoms. The molecule has 0 aromatic heterocycles. The molecule has 0 aromatic carbocycles. The van der Waals surface area contributed by atoms with E-state index >= 15 is 0 Å². The van der Waals surface area contributed by atoms with Gasteiger partial charge >= 0.3 is 5.97 Å². The fourth-order valence-electron chi connectivity index (χ4n) is 0.915. The number of aliphatic carboxylic acids is 1. The minimum atomic E-state index is -0.828. The number of carbonyl (C=O) groups is 1. The molecule has 0 bridgehead atoms. The van der Waals surface area contributed by atoms with Crippen molar-refractivity contribution in [3.8, 4) is 0 Å². The molecule has 0 aliphatic heterocycles. The maximum Gasteiger partial charge on any atom is 0.335 e. The van der Waals surface area contributed by atoms with E-state index in [0.717, 1.165) is 10.0 Å². The second kappa shape index (κ2) is 3.38. The van der Waals surface area contributed by atoms with Gasteiger partial charge in [0.25, 0.3) is 0 Å². The standard InChI is InChI=1S/C8H9IO2/c1-5-2-3-6(8(10)11)4-7(5)9/h3-5H,2H2,1H3,(H,10,11). The third-order valence-corrected chi connectivity index (χ3v) is 3.08. The molecule has 0 aromatic rings. The van der Waals surface area contributed by atoms with Crippen LogP contribution in [-0.4, -0.2) is 11.1 Å². The summed E-state index contributed by atoms with van der Waals surface area (Å²) in [6, 6.07) is 0. The minimum Gasteiger partial charge on any atom is -0.478 e. The summed E-state index contributed by atoms with van der Waals surface area (Å²) in [4.78, 5) is 10.5. The number of carboxylic acids is 1. The van der Waals surface area contributed by atoms with Crippen molar-refractivity contribution in [1.82, 2.24) is 0 Å². The molecule has 2 nitrogen and oxygen atoms in total. The van der Waals surface area contributed by atoms with E-state index in [4.69, 9.17) is 5.11 Å². The number of carboxylic acid groups (broad SMARTS) is 1. The van der Waals surface area contributed by atoms with E-state index in [1.165, 1.54) is 0 Å². The van der Waals surface area contributed by atoms with E-state index in [-0.39, 0.29) is 0 Å². The van der Waals surface area contributed by atoms with Crippen molar-refractivity contribution < 1.29 is 9.90 Å². The summed E-state index contributed by atoms with van der Waals surface area (Å²) in [5, 5.41) is 8.63. The van der Waals surface area contributed by atoms with Gasteiger partial charge in [0, 0.05) is 0 Å². The fourth-order valence-corrected chi connectivity index (χ4v) is 1.50. The summed E-state index contributed by atoms with van der Waals surface area (Å²) in [5.41, 5.74) is 0.424. The Hall–Kier alpha value is -0.320. The Morgan fingerprint density at radius 1 is 1.82 bits per heavy atom. The first-order chi connectivity index (χ1) is 5.11. The monoisotopic (exact) mass is 264 g/mol. The molecule has 60 valence electrons. The van der Waals surface area contributed by atoms with Crippen LogP contribution >= 0.6 is 22.6 Å². The van der Waals surface area contributed by atoms with Crippen LogP contribution in [0.3, 0.4) is 0 Å². The lowest BCUT2D eigenvalue weighted by Gasteiger charge is -2.13. The van der Waals surface area contributed by atoms with Gasteiger partial charge in [-0.1, -0.05) is 13.0 Å². The molecule has 1 aliphatic carbocycles. The normalized spacial score (nSPS) is 24.0. The molecule has 1 N–H and O–H groups in total. The summed E-state index contributed by atoms with van der Waals surface area (Å²) in [5.74, 6) is -0.343. The number of allylic oxidation sites excluding steroid dienone is 2. The van der Waals surface area contributed by atoms with Crippen LogP contribution in [0.5, 0.6) is 0 Å². The van der Waals surface area contributed by atoms with E-state index in [9.17, 15) is 4.79 Å². The molecule has 0 saturated heterocycles. The highest BCUT2D eigenvalue weighted by Crippen LogP contribution is 2.28. The van der Waals surface area contributed by atoms with Gasteiger partial charge in [-0.15, -0.1) is 0 Å². The summed E-state index contributed by atoms with van der Waals surface area (Å²) in [6.07, 6.45) is 4.35. The molecule has 1 aliphatic rings. The number of hydrogen-bond donors (Lipinski definition) is 1. The lowest BCUT2D eigenvalue weighted by atomic mass is 9.99. The van der Waals surface area contributed by atoms with Crippen LogP contribution in [-0.2, 0) is 4.79 Å². The third-order valence-electron chi connectivity index (χ3n) is 1.70. The Morgan fingerprint density at radius 2 is 2.45 bits per heavy atom. The topological polar surface area (TPSA) is 37.3 Å². The van der Waals surface area contributed by atoms with Crippen LogP contribution in [0.4, 0.5) is 0 Å². The molecule has 0 fully saturated rings. The average Bonchev–Trinajstić information content (AvgIpc) is 1.94. The first-order valence-corrected chi connectivity index (χ1v) is 4.49. The van der Waals surface area contributed by atoms with Gasteiger partial charge in [-0.05, 0) is 44.6 Å². The summed E-state index contributed by atoms with van der Waals surface area (Å²) < 4.78 is 1.13. The molecular weight excluding hydrogens is 255 g/mol. The van der Waals surface area contributed by atoms with Gasteiger partial charge in [-0.3, -0.25) is 0 Å². The zero-order valence-corrected chi connectivity index (χ0v) is 8.33. The van der Waals surface area contributed by atoms with Crippen molar-refractivity contribution in [2.45, 2.75) is 13.3 Å². The molecule has 1 rings (SSSR count). The van der Waals surface area contributed by atoms with Crippen LogP contribution in [0.25, 0.3) is 0 Å². The Kier molecular flexibility index (Phi) is 2.70. The van der Waals surface area contributed by atoms with E-state index in [1.54, 1.807) is 12.2 Å². The van der Waals surface area contributed by atoms with Gasteiger partial charge in [0.1, 0.15) is 0 Å². The zero-order valence-electron chi connectivity index (χ0n) is 6.17. The highest BCUT2D eigenvalue weighted by Gasteiger charge is 2.14. The summed E-state index contributed by atoms with van der Waals surface area (Å²) in [7, 11) is 0. The SMILES string of the molecule is CC1CC=C(C(=O)O)C=C1I. The second-order valence-electron chi connectivity index (χ2n) is 2.63. The quantitative estimate of drug-likeness (QED) is 0.738. The highest BCUT2D eigenvalue weighted by molar-refractivity contribution is 14.1. The van der Waals surface area contributed by atoms with Crippen molar-refractivity contribution in [3.63, 3.8) is 0 Å². The van der Waals surface area contributed by atoms with E-state index in [1.807, 2.05) is 0 Å². The predicted octanol–water partition coefficient (Wildman–Crippen LogP) is 2.36. The molecule has 0 saturated carbocycles. The Bertz CT molecular complexity index is 240. The van der Waals surface area contributed by atoms with Crippen LogP contribution < -0.4 is 0 Å². The van der Waals surface area contributed by atoms with Gasteiger partial charge in [0.15, 0.2) is 0 Å². The maximum atomic E-state index is 10.5. The first kappa shape index (κ1) is 8.77. The number of rotatable bonds is 1. The molecule has 0 spiro atoms. The van der Waals surface area contributed by atoms with Gasteiger partial charge in [0.05, 0.1) is 5.57 Å². The average molecular weight is 264 g/mol. The van der Waals surface area contributed by atoms with Crippen molar-refractivity contribution in [1.29, 1.82) is 0 Å². The summed E-state index contributed by atoms with van der Waals surface area (Å²) >= 11 is 2.19. The van der Waals surface area contributed by atoms with Crippen molar-refractivity contribution in [2.24, 2.45) is 5.92 Å². The Balaban J connectivity index is 2.83. The molecule has 1 unspecified atom stereocenters.